The van der Waals surface area contributed by atoms with Crippen molar-refractivity contribution in [1.82, 2.24) is 9.97 Å². The van der Waals surface area contributed by atoms with Crippen molar-refractivity contribution in [2.24, 2.45) is 5.73 Å². The number of nitrogens with two attached hydrogens (primary N) is 2. The molecule has 0 radical (unpaired) electrons. The molecule has 2 aromatic rings. The number of Topliss-reactive ketones (excluding diaryl/α,β-unsaturated/α-hetero) is 1. The summed E-state index contributed by atoms with van der Waals surface area (Å²) in [5.41, 5.74) is 9.89. The Hall–Kier alpha value is -3.50. The van der Waals surface area contributed by atoms with Crippen LogP contribution in [0.1, 0.15) is 33.4 Å². The number of ketones is 1. The highest BCUT2D eigenvalue weighted by Gasteiger charge is 2.28. The third kappa shape index (κ3) is 2.79. The maximum absolute atomic E-state index is 11.6. The number of nitrogens with zero attached hydrogens (tertiary/aromatic N) is 3. The number of rotatable bonds is 5. The molecular weight excluding hydrogens is 308 g/mol. The molecule has 0 aliphatic rings. The van der Waals surface area contributed by atoms with Crippen molar-refractivity contribution < 1.29 is 18.9 Å². The number of carbonyl (C=O) groups excluding carboxylic acids is 2. The van der Waals surface area contributed by atoms with Gasteiger partial charge in [0.05, 0.1) is 10.5 Å². The first kappa shape index (κ1) is 15.9. The zero-order chi connectivity index (χ0) is 17.3. The van der Waals surface area contributed by atoms with Crippen molar-refractivity contribution in [3.63, 3.8) is 0 Å². The van der Waals surface area contributed by atoms with Crippen LogP contribution in [0, 0.1) is 17.0 Å². The van der Waals surface area contributed by atoms with Crippen molar-refractivity contribution >= 4 is 34.9 Å². The summed E-state index contributed by atoms with van der Waals surface area (Å²) in [7, 11) is 0. The van der Waals surface area contributed by atoms with Crippen LogP contribution < -0.4 is 16.8 Å². The van der Waals surface area contributed by atoms with Gasteiger partial charge in [0.15, 0.2) is 5.78 Å². The van der Waals surface area contributed by atoms with Crippen LogP contribution in [0.2, 0.25) is 0 Å². The Bertz CT molecular complexity index is 828. The van der Waals surface area contributed by atoms with Crippen molar-refractivity contribution in [1.29, 1.82) is 0 Å². The van der Waals surface area contributed by atoms with Crippen molar-refractivity contribution in [3.8, 4) is 0 Å². The fourth-order valence-corrected chi connectivity index (χ4v) is 2.06. The first-order chi connectivity index (χ1) is 10.7. The van der Waals surface area contributed by atoms with Crippen LogP contribution in [0.15, 0.2) is 10.7 Å². The lowest BCUT2D eigenvalue weighted by molar-refractivity contribution is -0.383. The lowest BCUT2D eigenvalue weighted by atomic mass is 10.1. The van der Waals surface area contributed by atoms with Crippen LogP contribution in [-0.4, -0.2) is 26.6 Å². The SMILES string of the molecule is CC(=O)c1c(C)oc(Nc2ncnc(N)c2[N+](=O)[O-])c1C(N)=O. The Morgan fingerprint density at radius 2 is 2.00 bits per heavy atom. The molecule has 2 rings (SSSR count). The molecule has 0 aliphatic carbocycles. The van der Waals surface area contributed by atoms with E-state index in [1.165, 1.54) is 13.8 Å². The molecule has 11 nitrogen and oxygen atoms in total. The predicted molar refractivity (Wildman–Crippen MR) is 78.3 cm³/mol. The topological polar surface area (TPSA) is 180 Å². The minimum atomic E-state index is -0.931. The molecule has 0 saturated heterocycles. The van der Waals surface area contributed by atoms with E-state index >= 15 is 0 Å². The molecule has 5 N–H and O–H groups in total. The van der Waals surface area contributed by atoms with E-state index in [2.05, 4.69) is 15.3 Å². The van der Waals surface area contributed by atoms with Gasteiger partial charge in [0.1, 0.15) is 17.7 Å². The molecule has 2 aromatic heterocycles. The lowest BCUT2D eigenvalue weighted by Gasteiger charge is -2.05. The zero-order valence-electron chi connectivity index (χ0n) is 12.1. The maximum Gasteiger partial charge on any atom is 0.353 e. The molecule has 0 aromatic carbocycles. The smallest absolute Gasteiger partial charge is 0.353 e. The summed E-state index contributed by atoms with van der Waals surface area (Å²) >= 11 is 0. The summed E-state index contributed by atoms with van der Waals surface area (Å²) < 4.78 is 5.29. The number of nitro groups is 1. The number of carbonyl (C=O) groups is 2. The molecule has 0 saturated carbocycles. The standard InChI is InChI=1S/C12H12N6O5/c1-4(19)6-5(2)23-12(7(6)10(14)20)17-11-8(18(21)22)9(13)15-3-16-11/h3H,1-2H3,(H2,14,20)(H3,13,15,16,17). The largest absolute Gasteiger partial charge is 0.444 e. The number of furan rings is 1. The molecule has 0 unspecified atom stereocenters. The average Bonchev–Trinajstić information content (AvgIpc) is 2.75. The van der Waals surface area contributed by atoms with E-state index in [-0.39, 0.29) is 34.4 Å². The third-order valence-electron chi connectivity index (χ3n) is 2.95. The number of anilines is 3. The Balaban J connectivity index is 2.61. The predicted octanol–water partition coefficient (Wildman–Crippen LogP) is 0.914. The first-order valence-electron chi connectivity index (χ1n) is 6.20. The van der Waals surface area contributed by atoms with Crippen LogP contribution in [0.4, 0.5) is 23.2 Å². The molecule has 0 bridgehead atoms. The summed E-state index contributed by atoms with van der Waals surface area (Å²) in [6, 6.07) is 0. The number of amides is 1. The lowest BCUT2D eigenvalue weighted by Crippen LogP contribution is -2.16. The Morgan fingerprint density at radius 3 is 2.52 bits per heavy atom. The number of hydrogen-bond acceptors (Lipinski definition) is 9. The number of nitrogens with one attached hydrogen (secondary N) is 1. The van der Waals surface area contributed by atoms with Crippen molar-refractivity contribution in [2.45, 2.75) is 13.8 Å². The molecule has 1 amide bonds. The molecule has 0 atom stereocenters. The molecule has 2 heterocycles. The molecule has 23 heavy (non-hydrogen) atoms. The number of aromatic nitrogens is 2. The molecular formula is C12H12N6O5. The minimum absolute atomic E-state index is 0.00955. The summed E-state index contributed by atoms with van der Waals surface area (Å²) in [6.45, 7) is 2.69. The van der Waals surface area contributed by atoms with Gasteiger partial charge < -0.3 is 21.2 Å². The Labute approximate surface area is 128 Å². The third-order valence-corrected chi connectivity index (χ3v) is 2.95. The van der Waals surface area contributed by atoms with Gasteiger partial charge in [0, 0.05) is 0 Å². The second-order valence-electron chi connectivity index (χ2n) is 4.50. The molecule has 0 fully saturated rings. The Morgan fingerprint density at radius 1 is 1.35 bits per heavy atom. The van der Waals surface area contributed by atoms with Gasteiger partial charge in [-0.25, -0.2) is 9.97 Å². The van der Waals surface area contributed by atoms with E-state index in [9.17, 15) is 19.7 Å². The van der Waals surface area contributed by atoms with Crippen LogP contribution in [0.3, 0.4) is 0 Å². The average molecular weight is 320 g/mol. The minimum Gasteiger partial charge on any atom is -0.444 e. The van der Waals surface area contributed by atoms with E-state index in [1.807, 2.05) is 0 Å². The molecule has 11 heteroatoms. The van der Waals surface area contributed by atoms with Crippen LogP contribution in [0.5, 0.6) is 0 Å². The highest BCUT2D eigenvalue weighted by atomic mass is 16.6. The van der Waals surface area contributed by atoms with Crippen molar-refractivity contribution in [2.75, 3.05) is 11.1 Å². The van der Waals surface area contributed by atoms with Gasteiger partial charge in [-0.1, -0.05) is 0 Å². The maximum atomic E-state index is 11.6. The summed E-state index contributed by atoms with van der Waals surface area (Å²) in [5, 5.41) is 13.5. The number of hydrogen-bond donors (Lipinski definition) is 3. The normalized spacial score (nSPS) is 10.3. The monoisotopic (exact) mass is 320 g/mol. The summed E-state index contributed by atoms with van der Waals surface area (Å²) in [6.07, 6.45) is 0.996. The summed E-state index contributed by atoms with van der Waals surface area (Å²) in [4.78, 5) is 40.7. The van der Waals surface area contributed by atoms with E-state index in [0.717, 1.165) is 6.33 Å². The quantitative estimate of drug-likeness (QED) is 0.409. The molecule has 120 valence electrons. The van der Waals surface area contributed by atoms with Gasteiger partial charge in [-0.15, -0.1) is 0 Å². The van der Waals surface area contributed by atoms with Gasteiger partial charge in [-0.3, -0.25) is 19.7 Å². The van der Waals surface area contributed by atoms with Gasteiger partial charge in [0.2, 0.25) is 17.5 Å². The fraction of sp³-hybridized carbons (Fsp3) is 0.167. The van der Waals surface area contributed by atoms with Gasteiger partial charge >= 0.3 is 5.69 Å². The van der Waals surface area contributed by atoms with E-state index in [4.69, 9.17) is 15.9 Å². The first-order valence-corrected chi connectivity index (χ1v) is 6.20. The van der Waals surface area contributed by atoms with Crippen LogP contribution in [0.25, 0.3) is 0 Å². The van der Waals surface area contributed by atoms with E-state index in [0.29, 0.717) is 0 Å². The van der Waals surface area contributed by atoms with Gasteiger partial charge in [-0.05, 0) is 13.8 Å². The van der Waals surface area contributed by atoms with Gasteiger partial charge in [0.25, 0.3) is 5.91 Å². The second kappa shape index (κ2) is 5.71. The number of nitrogen functional groups attached to an aromatic ring is 1. The fourth-order valence-electron chi connectivity index (χ4n) is 2.06. The van der Waals surface area contributed by atoms with Crippen molar-refractivity contribution in [3.05, 3.63) is 33.3 Å². The second-order valence-corrected chi connectivity index (χ2v) is 4.50. The van der Waals surface area contributed by atoms with E-state index in [1.54, 1.807) is 0 Å². The van der Waals surface area contributed by atoms with Crippen LogP contribution in [-0.2, 0) is 0 Å². The highest BCUT2D eigenvalue weighted by molar-refractivity contribution is 6.10. The van der Waals surface area contributed by atoms with Gasteiger partial charge in [-0.2, -0.15) is 0 Å². The van der Waals surface area contributed by atoms with Crippen LogP contribution >= 0.6 is 0 Å². The summed E-state index contributed by atoms with van der Waals surface area (Å²) in [5.74, 6) is -2.14. The Kier molecular flexibility index (Phi) is 3.94. The molecule has 0 aliphatic heterocycles. The number of aryl methyl sites for hydroxylation is 1. The number of primary amides is 1. The zero-order valence-corrected chi connectivity index (χ0v) is 12.1. The highest BCUT2D eigenvalue weighted by Crippen LogP contribution is 2.33. The van der Waals surface area contributed by atoms with E-state index < -0.39 is 22.3 Å². The molecule has 0 spiro atoms.